The van der Waals surface area contributed by atoms with Crippen LogP contribution in [0.25, 0.3) is 0 Å². The standard InChI is InChI=1S/C16H12Cl3F3N2O2/c1-8-4-11(18)10(15(19)23-8)6-14(25)24-12-5-9(17)2-3-13(12)26-7-16(20,21)22/h2-5H,6-7H2,1H3,(H,24,25). The molecule has 0 radical (unpaired) electrons. The fourth-order valence-corrected chi connectivity index (χ4v) is 2.86. The predicted molar refractivity (Wildman–Crippen MR) is 94.3 cm³/mol. The van der Waals surface area contributed by atoms with Crippen LogP contribution in [0, 0.1) is 6.92 Å². The number of carbonyl (C=O) groups excluding carboxylic acids is 1. The van der Waals surface area contributed by atoms with Crippen LogP contribution >= 0.6 is 34.8 Å². The molecule has 0 bridgehead atoms. The number of amides is 1. The quantitative estimate of drug-likeness (QED) is 0.644. The third kappa shape index (κ3) is 5.93. The molecule has 4 nitrogen and oxygen atoms in total. The number of carbonyl (C=O) groups is 1. The van der Waals surface area contributed by atoms with Crippen molar-refractivity contribution in [3.63, 3.8) is 0 Å². The number of nitrogens with one attached hydrogen (secondary N) is 1. The van der Waals surface area contributed by atoms with Gasteiger partial charge < -0.3 is 10.1 Å². The number of pyridine rings is 1. The average Bonchev–Trinajstić information content (AvgIpc) is 2.49. The Labute approximate surface area is 162 Å². The number of ether oxygens (including phenoxy) is 1. The SMILES string of the molecule is Cc1cc(Cl)c(CC(=O)Nc2cc(Cl)ccc2OCC(F)(F)F)c(Cl)n1. The highest BCUT2D eigenvalue weighted by molar-refractivity contribution is 6.35. The molecule has 1 aromatic carbocycles. The average molecular weight is 428 g/mol. The second kappa shape index (κ2) is 8.33. The van der Waals surface area contributed by atoms with Crippen molar-refractivity contribution in [3.05, 3.63) is 50.7 Å². The molecule has 0 aliphatic heterocycles. The minimum atomic E-state index is -4.52. The first-order chi connectivity index (χ1) is 12.0. The van der Waals surface area contributed by atoms with Gasteiger partial charge in [0.2, 0.25) is 5.91 Å². The number of halogens is 6. The topological polar surface area (TPSA) is 51.2 Å². The van der Waals surface area contributed by atoms with E-state index in [1.807, 2.05) is 0 Å². The first kappa shape index (κ1) is 20.6. The number of nitrogens with zero attached hydrogens (tertiary/aromatic N) is 1. The largest absolute Gasteiger partial charge is 0.482 e. The summed E-state index contributed by atoms with van der Waals surface area (Å²) in [6, 6.07) is 5.41. The van der Waals surface area contributed by atoms with Crippen molar-refractivity contribution in [2.75, 3.05) is 11.9 Å². The van der Waals surface area contributed by atoms with E-state index in [-0.39, 0.29) is 33.1 Å². The molecule has 0 aliphatic rings. The molecule has 2 rings (SSSR count). The van der Waals surface area contributed by atoms with Crippen LogP contribution in [0.3, 0.4) is 0 Å². The smallest absolute Gasteiger partial charge is 0.422 e. The Hall–Kier alpha value is -1.70. The van der Waals surface area contributed by atoms with E-state index in [0.29, 0.717) is 11.3 Å². The van der Waals surface area contributed by atoms with Crippen molar-refractivity contribution in [2.45, 2.75) is 19.5 Å². The van der Waals surface area contributed by atoms with Crippen molar-refractivity contribution in [1.82, 2.24) is 4.98 Å². The normalized spacial score (nSPS) is 11.3. The maximum Gasteiger partial charge on any atom is 0.422 e. The van der Waals surface area contributed by atoms with E-state index in [2.05, 4.69) is 10.3 Å². The molecule has 0 unspecified atom stereocenters. The van der Waals surface area contributed by atoms with Gasteiger partial charge in [-0.3, -0.25) is 4.79 Å². The van der Waals surface area contributed by atoms with Crippen LogP contribution in [0.5, 0.6) is 5.75 Å². The van der Waals surface area contributed by atoms with Gasteiger partial charge in [-0.1, -0.05) is 34.8 Å². The van der Waals surface area contributed by atoms with E-state index < -0.39 is 18.7 Å². The molecule has 1 aromatic heterocycles. The van der Waals surface area contributed by atoms with Gasteiger partial charge in [-0.15, -0.1) is 0 Å². The number of hydrogen-bond donors (Lipinski definition) is 1. The lowest BCUT2D eigenvalue weighted by Crippen LogP contribution is -2.21. The number of aromatic nitrogens is 1. The first-order valence-electron chi connectivity index (χ1n) is 7.15. The van der Waals surface area contributed by atoms with Gasteiger partial charge in [0.1, 0.15) is 10.9 Å². The molecule has 0 atom stereocenters. The lowest BCUT2D eigenvalue weighted by molar-refractivity contribution is -0.153. The highest BCUT2D eigenvalue weighted by Gasteiger charge is 2.29. The molecule has 0 spiro atoms. The van der Waals surface area contributed by atoms with Crippen molar-refractivity contribution >= 4 is 46.4 Å². The number of benzene rings is 1. The van der Waals surface area contributed by atoms with E-state index in [1.165, 1.54) is 18.2 Å². The molecule has 2 aromatic rings. The molecule has 140 valence electrons. The Morgan fingerprint density at radius 3 is 2.54 bits per heavy atom. The van der Waals surface area contributed by atoms with Gasteiger partial charge in [0, 0.05) is 21.3 Å². The molecule has 10 heteroatoms. The number of rotatable bonds is 5. The Morgan fingerprint density at radius 2 is 1.92 bits per heavy atom. The van der Waals surface area contributed by atoms with Crippen LogP contribution in [-0.4, -0.2) is 23.7 Å². The van der Waals surface area contributed by atoms with Crippen LogP contribution in [0.1, 0.15) is 11.3 Å². The third-order valence-corrected chi connectivity index (χ3v) is 3.98. The van der Waals surface area contributed by atoms with Crippen LogP contribution in [0.4, 0.5) is 18.9 Å². The summed E-state index contributed by atoms with van der Waals surface area (Å²) in [6.07, 6.45) is -4.74. The Balaban J connectivity index is 2.17. The molecule has 0 saturated heterocycles. The molecular weight excluding hydrogens is 416 g/mol. The minimum Gasteiger partial charge on any atom is -0.482 e. The Bertz CT molecular complexity index is 806. The number of alkyl halides is 3. The van der Waals surface area contributed by atoms with Gasteiger partial charge in [0.15, 0.2) is 6.61 Å². The van der Waals surface area contributed by atoms with Gasteiger partial charge in [-0.25, -0.2) is 4.98 Å². The molecule has 0 aliphatic carbocycles. The Morgan fingerprint density at radius 1 is 1.23 bits per heavy atom. The van der Waals surface area contributed by atoms with Gasteiger partial charge >= 0.3 is 6.18 Å². The summed E-state index contributed by atoms with van der Waals surface area (Å²) in [5.41, 5.74) is 0.886. The van der Waals surface area contributed by atoms with E-state index in [0.717, 1.165) is 0 Å². The maximum absolute atomic E-state index is 12.3. The van der Waals surface area contributed by atoms with E-state index in [1.54, 1.807) is 13.0 Å². The zero-order valence-corrected chi connectivity index (χ0v) is 15.5. The predicted octanol–water partition coefficient (Wildman–Crippen LogP) is 5.47. The van der Waals surface area contributed by atoms with Crippen molar-refractivity contribution < 1.29 is 22.7 Å². The summed E-state index contributed by atoms with van der Waals surface area (Å²) in [6.45, 7) is 0.189. The van der Waals surface area contributed by atoms with E-state index in [4.69, 9.17) is 39.5 Å². The van der Waals surface area contributed by atoms with Crippen LogP contribution in [0.2, 0.25) is 15.2 Å². The molecule has 26 heavy (non-hydrogen) atoms. The second-order valence-electron chi connectivity index (χ2n) is 5.28. The lowest BCUT2D eigenvalue weighted by atomic mass is 10.2. The van der Waals surface area contributed by atoms with Crippen LogP contribution in [0.15, 0.2) is 24.3 Å². The monoisotopic (exact) mass is 426 g/mol. The lowest BCUT2D eigenvalue weighted by Gasteiger charge is -2.15. The summed E-state index contributed by atoms with van der Waals surface area (Å²) in [5.74, 6) is -0.738. The van der Waals surface area contributed by atoms with Gasteiger partial charge in [0.05, 0.1) is 12.1 Å². The van der Waals surface area contributed by atoms with E-state index >= 15 is 0 Å². The summed E-state index contributed by atoms with van der Waals surface area (Å²) in [5, 5.41) is 3.00. The minimum absolute atomic E-state index is 0.000865. The summed E-state index contributed by atoms with van der Waals surface area (Å²) in [7, 11) is 0. The fourth-order valence-electron chi connectivity index (χ4n) is 2.02. The highest BCUT2D eigenvalue weighted by Crippen LogP contribution is 2.30. The highest BCUT2D eigenvalue weighted by atomic mass is 35.5. The summed E-state index contributed by atoms with van der Waals surface area (Å²) >= 11 is 17.9. The molecule has 0 fully saturated rings. The van der Waals surface area contributed by atoms with Gasteiger partial charge in [-0.05, 0) is 31.2 Å². The second-order valence-corrected chi connectivity index (χ2v) is 6.49. The van der Waals surface area contributed by atoms with Crippen molar-refractivity contribution in [3.8, 4) is 5.75 Å². The fraction of sp³-hybridized carbons (Fsp3) is 0.250. The van der Waals surface area contributed by atoms with Gasteiger partial charge in [-0.2, -0.15) is 13.2 Å². The van der Waals surface area contributed by atoms with E-state index in [9.17, 15) is 18.0 Å². The van der Waals surface area contributed by atoms with Gasteiger partial charge in [0.25, 0.3) is 0 Å². The molecule has 0 saturated carbocycles. The molecule has 1 amide bonds. The Kier molecular flexibility index (Phi) is 6.60. The first-order valence-corrected chi connectivity index (χ1v) is 8.29. The maximum atomic E-state index is 12.3. The molecule has 1 N–H and O–H groups in total. The number of hydrogen-bond acceptors (Lipinski definition) is 3. The number of anilines is 1. The van der Waals surface area contributed by atoms with Crippen molar-refractivity contribution in [1.29, 1.82) is 0 Å². The third-order valence-electron chi connectivity index (χ3n) is 3.09. The van der Waals surface area contributed by atoms with Crippen LogP contribution in [-0.2, 0) is 11.2 Å². The summed E-state index contributed by atoms with van der Waals surface area (Å²) < 4.78 is 41.8. The summed E-state index contributed by atoms with van der Waals surface area (Å²) in [4.78, 5) is 16.3. The zero-order chi connectivity index (χ0) is 19.5. The zero-order valence-electron chi connectivity index (χ0n) is 13.3. The molecular formula is C16H12Cl3F3N2O2. The van der Waals surface area contributed by atoms with Crippen molar-refractivity contribution in [2.24, 2.45) is 0 Å². The molecule has 1 heterocycles. The number of aryl methyl sites for hydroxylation is 1. The van der Waals surface area contributed by atoms with Crippen LogP contribution < -0.4 is 10.1 Å².